The topological polar surface area (TPSA) is 115 Å². The van der Waals surface area contributed by atoms with Crippen LogP contribution in [0.1, 0.15) is 30.8 Å². The third-order valence-corrected chi connectivity index (χ3v) is 6.75. The van der Waals surface area contributed by atoms with Gasteiger partial charge in [0.25, 0.3) is 0 Å². The SMILES string of the molecule is CCNC(=O)Nc1ccc(-c2nc3c(c(N4CCOCC4C)n2)CCN(c2cc(C)[nH]c(=O)c2)C3)cc1. The van der Waals surface area contributed by atoms with E-state index in [0.717, 1.165) is 53.5 Å². The van der Waals surface area contributed by atoms with Gasteiger partial charge in [-0.1, -0.05) is 0 Å². The van der Waals surface area contributed by atoms with Crippen LogP contribution in [-0.2, 0) is 17.7 Å². The number of aromatic amines is 1. The highest BCUT2D eigenvalue weighted by atomic mass is 16.5. The number of pyridine rings is 1. The summed E-state index contributed by atoms with van der Waals surface area (Å²) >= 11 is 0. The summed E-state index contributed by atoms with van der Waals surface area (Å²) in [5.41, 5.74) is 5.32. The summed E-state index contributed by atoms with van der Waals surface area (Å²) in [4.78, 5) is 41.4. The quantitative estimate of drug-likeness (QED) is 0.490. The van der Waals surface area contributed by atoms with Crippen LogP contribution >= 0.6 is 0 Å². The zero-order valence-electron chi connectivity index (χ0n) is 21.5. The van der Waals surface area contributed by atoms with Gasteiger partial charge in [-0.15, -0.1) is 0 Å². The fourth-order valence-electron chi connectivity index (χ4n) is 4.92. The van der Waals surface area contributed by atoms with Gasteiger partial charge < -0.3 is 30.2 Å². The average molecular weight is 504 g/mol. The van der Waals surface area contributed by atoms with E-state index in [0.29, 0.717) is 37.8 Å². The maximum atomic E-state index is 12.1. The van der Waals surface area contributed by atoms with E-state index >= 15 is 0 Å². The summed E-state index contributed by atoms with van der Waals surface area (Å²) in [6.45, 7) is 9.96. The molecule has 0 bridgehead atoms. The number of fused-ring (bicyclic) bond motifs is 1. The van der Waals surface area contributed by atoms with Crippen molar-refractivity contribution < 1.29 is 9.53 Å². The van der Waals surface area contributed by atoms with E-state index in [-0.39, 0.29) is 17.6 Å². The van der Waals surface area contributed by atoms with Crippen molar-refractivity contribution >= 4 is 23.2 Å². The van der Waals surface area contributed by atoms with Crippen LogP contribution in [-0.4, -0.2) is 59.9 Å². The number of aryl methyl sites for hydroxylation is 1. The number of ether oxygens (including phenoxy) is 1. The third-order valence-electron chi connectivity index (χ3n) is 6.75. The first-order valence-corrected chi connectivity index (χ1v) is 12.8. The van der Waals surface area contributed by atoms with E-state index in [1.165, 1.54) is 0 Å². The summed E-state index contributed by atoms with van der Waals surface area (Å²) in [6, 6.07) is 11.2. The maximum absolute atomic E-state index is 12.1. The van der Waals surface area contributed by atoms with Gasteiger partial charge in [0.15, 0.2) is 5.82 Å². The summed E-state index contributed by atoms with van der Waals surface area (Å²) in [5, 5.41) is 5.56. The lowest BCUT2D eigenvalue weighted by Gasteiger charge is -2.38. The molecule has 1 fully saturated rings. The number of amides is 2. The second kappa shape index (κ2) is 10.6. The minimum absolute atomic E-state index is 0.103. The molecule has 3 aromatic rings. The predicted molar refractivity (Wildman–Crippen MR) is 144 cm³/mol. The van der Waals surface area contributed by atoms with Crippen LogP contribution in [0.3, 0.4) is 0 Å². The minimum atomic E-state index is -0.237. The fraction of sp³-hybridized carbons (Fsp3) is 0.407. The minimum Gasteiger partial charge on any atom is -0.377 e. The molecule has 4 heterocycles. The molecule has 1 atom stereocenters. The molecule has 0 radical (unpaired) electrons. The molecule has 1 saturated heterocycles. The Hall–Kier alpha value is -3.92. The van der Waals surface area contributed by atoms with Crippen molar-refractivity contribution in [2.45, 2.75) is 39.8 Å². The Morgan fingerprint density at radius 2 is 2.00 bits per heavy atom. The molecule has 10 nitrogen and oxygen atoms in total. The second-order valence-electron chi connectivity index (χ2n) is 9.53. The second-order valence-corrected chi connectivity index (χ2v) is 9.53. The molecule has 10 heteroatoms. The number of carbonyl (C=O) groups is 1. The number of hydrogen-bond acceptors (Lipinski definition) is 7. The lowest BCUT2D eigenvalue weighted by atomic mass is 10.0. The highest BCUT2D eigenvalue weighted by molar-refractivity contribution is 5.89. The van der Waals surface area contributed by atoms with Gasteiger partial charge in [0.2, 0.25) is 5.56 Å². The van der Waals surface area contributed by atoms with Gasteiger partial charge in [-0.3, -0.25) is 4.79 Å². The predicted octanol–water partition coefficient (Wildman–Crippen LogP) is 3.07. The van der Waals surface area contributed by atoms with Gasteiger partial charge in [-0.05, 0) is 57.5 Å². The van der Waals surface area contributed by atoms with E-state index in [2.05, 4.69) is 32.3 Å². The van der Waals surface area contributed by atoms with Crippen LogP contribution in [0.2, 0.25) is 0 Å². The molecule has 194 valence electrons. The zero-order chi connectivity index (χ0) is 25.9. The molecule has 37 heavy (non-hydrogen) atoms. The van der Waals surface area contributed by atoms with Crippen molar-refractivity contribution in [3.05, 3.63) is 63.7 Å². The summed E-state index contributed by atoms with van der Waals surface area (Å²) < 4.78 is 5.69. The normalized spacial score (nSPS) is 17.3. The summed E-state index contributed by atoms with van der Waals surface area (Å²) in [5.74, 6) is 1.60. The number of aromatic nitrogens is 3. The van der Waals surface area contributed by atoms with Crippen molar-refractivity contribution in [1.82, 2.24) is 20.3 Å². The van der Waals surface area contributed by atoms with Gasteiger partial charge in [0, 0.05) is 53.9 Å². The molecule has 1 unspecified atom stereocenters. The molecule has 3 N–H and O–H groups in total. The molecule has 2 aliphatic heterocycles. The largest absolute Gasteiger partial charge is 0.377 e. The molecule has 0 aliphatic carbocycles. The lowest BCUT2D eigenvalue weighted by molar-refractivity contribution is 0.0984. The van der Waals surface area contributed by atoms with Crippen molar-refractivity contribution in [3.63, 3.8) is 0 Å². The van der Waals surface area contributed by atoms with Gasteiger partial charge in [-0.2, -0.15) is 0 Å². The molecular weight excluding hydrogens is 470 g/mol. The molecule has 0 spiro atoms. The average Bonchev–Trinajstić information content (AvgIpc) is 2.88. The van der Waals surface area contributed by atoms with E-state index in [1.807, 2.05) is 44.2 Å². The van der Waals surface area contributed by atoms with Gasteiger partial charge >= 0.3 is 6.03 Å². The van der Waals surface area contributed by atoms with Crippen LogP contribution < -0.4 is 26.0 Å². The van der Waals surface area contributed by atoms with E-state index < -0.39 is 0 Å². The summed E-state index contributed by atoms with van der Waals surface area (Å²) in [6.07, 6.45) is 0.788. The monoisotopic (exact) mass is 503 g/mol. The van der Waals surface area contributed by atoms with E-state index in [9.17, 15) is 9.59 Å². The number of rotatable bonds is 5. The molecule has 1 aromatic carbocycles. The van der Waals surface area contributed by atoms with E-state index in [4.69, 9.17) is 14.7 Å². The zero-order valence-corrected chi connectivity index (χ0v) is 21.5. The Balaban J connectivity index is 1.51. The third kappa shape index (κ3) is 5.43. The van der Waals surface area contributed by atoms with Crippen molar-refractivity contribution in [1.29, 1.82) is 0 Å². The van der Waals surface area contributed by atoms with E-state index in [1.54, 1.807) is 6.07 Å². The molecule has 5 rings (SSSR count). The van der Waals surface area contributed by atoms with Crippen LogP contribution in [0, 0.1) is 6.92 Å². The van der Waals surface area contributed by atoms with Gasteiger partial charge in [0.1, 0.15) is 5.82 Å². The molecular formula is C27H33N7O3. The Bertz CT molecular complexity index is 1340. The summed E-state index contributed by atoms with van der Waals surface area (Å²) in [7, 11) is 0. The van der Waals surface area contributed by atoms with Crippen LogP contribution in [0.25, 0.3) is 11.4 Å². The number of carbonyl (C=O) groups excluding carboxylic acids is 1. The van der Waals surface area contributed by atoms with Crippen LogP contribution in [0.15, 0.2) is 41.2 Å². The number of morpholine rings is 1. The van der Waals surface area contributed by atoms with Crippen LogP contribution in [0.5, 0.6) is 0 Å². The standard InChI is InChI=1S/C27H33N7O3/c1-4-28-27(36)30-20-7-5-19(6-8-20)25-31-23-15-33(21-13-17(2)29-24(35)14-21)10-9-22(23)26(32-25)34-11-12-37-16-18(34)3/h5-8,13-14,18H,4,9-12,15-16H2,1-3H3,(H,29,35)(H2,28,30,36). The number of nitrogens with one attached hydrogen (secondary N) is 3. The van der Waals surface area contributed by atoms with Crippen molar-refractivity contribution in [2.75, 3.05) is 48.0 Å². The van der Waals surface area contributed by atoms with Crippen molar-refractivity contribution in [2.24, 2.45) is 0 Å². The first kappa shape index (κ1) is 24.8. The molecule has 2 aromatic heterocycles. The van der Waals surface area contributed by atoms with Gasteiger partial charge in [0.05, 0.1) is 31.5 Å². The fourth-order valence-corrected chi connectivity index (χ4v) is 4.92. The number of hydrogen-bond donors (Lipinski definition) is 3. The maximum Gasteiger partial charge on any atom is 0.319 e. The number of urea groups is 1. The molecule has 2 amide bonds. The number of nitrogens with zero attached hydrogens (tertiary/aromatic N) is 4. The molecule has 0 saturated carbocycles. The first-order chi connectivity index (χ1) is 17.9. The molecule has 2 aliphatic rings. The number of anilines is 3. The Kier molecular flexibility index (Phi) is 7.09. The highest BCUT2D eigenvalue weighted by Gasteiger charge is 2.29. The lowest BCUT2D eigenvalue weighted by Crippen LogP contribution is -2.45. The van der Waals surface area contributed by atoms with Crippen molar-refractivity contribution in [3.8, 4) is 11.4 Å². The Morgan fingerprint density at radius 3 is 2.73 bits per heavy atom. The number of benzene rings is 1. The smallest absolute Gasteiger partial charge is 0.319 e. The number of H-pyrrole nitrogens is 1. The van der Waals surface area contributed by atoms with Gasteiger partial charge in [-0.25, -0.2) is 14.8 Å². The van der Waals surface area contributed by atoms with Crippen LogP contribution in [0.4, 0.5) is 22.0 Å². The first-order valence-electron chi connectivity index (χ1n) is 12.8. The Morgan fingerprint density at radius 1 is 1.19 bits per heavy atom. The highest BCUT2D eigenvalue weighted by Crippen LogP contribution is 2.33. The Labute approximate surface area is 216 Å².